The lowest BCUT2D eigenvalue weighted by Gasteiger charge is -2.23. The summed E-state index contributed by atoms with van der Waals surface area (Å²) in [4.78, 5) is 6.65. The predicted molar refractivity (Wildman–Crippen MR) is 60.5 cm³/mol. The van der Waals surface area contributed by atoms with Crippen LogP contribution in [0.5, 0.6) is 0 Å². The van der Waals surface area contributed by atoms with Gasteiger partial charge in [-0.2, -0.15) is 0 Å². The Balaban J connectivity index is 2.73. The van der Waals surface area contributed by atoms with Crippen LogP contribution < -0.4 is 10.6 Å². The lowest BCUT2D eigenvalue weighted by Crippen LogP contribution is -2.27. The minimum Gasteiger partial charge on any atom is -0.357 e. The van der Waals surface area contributed by atoms with Crippen molar-refractivity contribution in [3.63, 3.8) is 0 Å². The van der Waals surface area contributed by atoms with Crippen LogP contribution in [0.25, 0.3) is 0 Å². The van der Waals surface area contributed by atoms with Crippen molar-refractivity contribution in [1.82, 2.24) is 4.98 Å². The SMILES string of the molecule is CCN(CCCN)c1ncccc1C. The van der Waals surface area contributed by atoms with Crippen LogP contribution in [0.1, 0.15) is 18.9 Å². The van der Waals surface area contributed by atoms with Crippen molar-refractivity contribution in [2.75, 3.05) is 24.5 Å². The zero-order chi connectivity index (χ0) is 10.4. The molecule has 1 rings (SSSR count). The number of aromatic nitrogens is 1. The average Bonchev–Trinajstić information content (AvgIpc) is 2.21. The van der Waals surface area contributed by atoms with Crippen molar-refractivity contribution in [3.8, 4) is 0 Å². The summed E-state index contributed by atoms with van der Waals surface area (Å²) in [5, 5.41) is 0. The van der Waals surface area contributed by atoms with E-state index in [1.807, 2.05) is 12.3 Å². The first kappa shape index (κ1) is 11.0. The molecule has 1 aromatic heterocycles. The van der Waals surface area contributed by atoms with Crippen LogP contribution in [0.2, 0.25) is 0 Å². The molecule has 0 fully saturated rings. The largest absolute Gasteiger partial charge is 0.357 e. The predicted octanol–water partition coefficient (Wildman–Crippen LogP) is 1.57. The number of anilines is 1. The van der Waals surface area contributed by atoms with Crippen LogP contribution in [0.3, 0.4) is 0 Å². The number of nitrogens with zero attached hydrogens (tertiary/aromatic N) is 2. The van der Waals surface area contributed by atoms with E-state index in [-0.39, 0.29) is 0 Å². The molecule has 0 bridgehead atoms. The van der Waals surface area contributed by atoms with E-state index in [1.165, 1.54) is 5.56 Å². The molecule has 0 aliphatic heterocycles. The molecule has 0 aliphatic rings. The van der Waals surface area contributed by atoms with Crippen molar-refractivity contribution >= 4 is 5.82 Å². The fraction of sp³-hybridized carbons (Fsp3) is 0.545. The highest BCUT2D eigenvalue weighted by Gasteiger charge is 2.06. The van der Waals surface area contributed by atoms with Crippen LogP contribution in [0.4, 0.5) is 5.82 Å². The summed E-state index contributed by atoms with van der Waals surface area (Å²) in [7, 11) is 0. The Hall–Kier alpha value is -1.09. The summed E-state index contributed by atoms with van der Waals surface area (Å²) in [6, 6.07) is 4.06. The third-order valence-corrected chi connectivity index (χ3v) is 2.30. The number of aryl methyl sites for hydroxylation is 1. The zero-order valence-corrected chi connectivity index (χ0v) is 9.03. The molecule has 1 heterocycles. The Morgan fingerprint density at radius 1 is 1.50 bits per heavy atom. The zero-order valence-electron chi connectivity index (χ0n) is 9.03. The van der Waals surface area contributed by atoms with E-state index < -0.39 is 0 Å². The van der Waals surface area contributed by atoms with Gasteiger partial charge < -0.3 is 10.6 Å². The first-order chi connectivity index (χ1) is 6.79. The second kappa shape index (κ2) is 5.60. The van der Waals surface area contributed by atoms with Crippen LogP contribution in [0, 0.1) is 6.92 Å². The summed E-state index contributed by atoms with van der Waals surface area (Å²) in [6.45, 7) is 6.95. The third kappa shape index (κ3) is 2.70. The van der Waals surface area contributed by atoms with Gasteiger partial charge in [-0.1, -0.05) is 6.07 Å². The molecule has 0 spiro atoms. The number of nitrogens with two attached hydrogens (primary N) is 1. The molecule has 0 saturated carbocycles. The van der Waals surface area contributed by atoms with Crippen molar-refractivity contribution < 1.29 is 0 Å². The molecule has 0 aromatic carbocycles. The van der Waals surface area contributed by atoms with E-state index in [4.69, 9.17) is 5.73 Å². The molecule has 3 nitrogen and oxygen atoms in total. The Kier molecular flexibility index (Phi) is 4.40. The van der Waals surface area contributed by atoms with Gasteiger partial charge in [-0.25, -0.2) is 4.98 Å². The van der Waals surface area contributed by atoms with E-state index in [0.717, 1.165) is 31.9 Å². The van der Waals surface area contributed by atoms with E-state index >= 15 is 0 Å². The topological polar surface area (TPSA) is 42.1 Å². The number of hydrogen-bond donors (Lipinski definition) is 1. The molecule has 2 N–H and O–H groups in total. The van der Waals surface area contributed by atoms with E-state index in [1.54, 1.807) is 0 Å². The van der Waals surface area contributed by atoms with Gasteiger partial charge in [0.15, 0.2) is 0 Å². The number of rotatable bonds is 5. The van der Waals surface area contributed by atoms with Gasteiger partial charge in [-0.15, -0.1) is 0 Å². The second-order valence-corrected chi connectivity index (χ2v) is 3.37. The summed E-state index contributed by atoms with van der Waals surface area (Å²) in [6.07, 6.45) is 2.86. The van der Waals surface area contributed by atoms with Gasteiger partial charge in [-0.05, 0) is 38.4 Å². The molecule has 3 heteroatoms. The number of pyridine rings is 1. The first-order valence-corrected chi connectivity index (χ1v) is 5.16. The fourth-order valence-electron chi connectivity index (χ4n) is 1.50. The normalized spacial score (nSPS) is 10.2. The maximum atomic E-state index is 5.50. The van der Waals surface area contributed by atoms with E-state index in [9.17, 15) is 0 Å². The van der Waals surface area contributed by atoms with E-state index in [0.29, 0.717) is 0 Å². The van der Waals surface area contributed by atoms with Crippen molar-refractivity contribution in [1.29, 1.82) is 0 Å². The summed E-state index contributed by atoms with van der Waals surface area (Å²) in [5.74, 6) is 1.09. The highest BCUT2D eigenvalue weighted by Crippen LogP contribution is 2.15. The molecule has 0 amide bonds. The highest BCUT2D eigenvalue weighted by molar-refractivity contribution is 5.45. The Morgan fingerprint density at radius 2 is 2.29 bits per heavy atom. The molecule has 14 heavy (non-hydrogen) atoms. The molecule has 0 unspecified atom stereocenters. The molecule has 0 atom stereocenters. The lowest BCUT2D eigenvalue weighted by atomic mass is 10.2. The maximum absolute atomic E-state index is 5.50. The van der Waals surface area contributed by atoms with Crippen LogP contribution in [-0.2, 0) is 0 Å². The van der Waals surface area contributed by atoms with E-state index in [2.05, 4.69) is 29.8 Å². The highest BCUT2D eigenvalue weighted by atomic mass is 15.2. The maximum Gasteiger partial charge on any atom is 0.131 e. The van der Waals surface area contributed by atoms with Gasteiger partial charge in [0.2, 0.25) is 0 Å². The van der Waals surface area contributed by atoms with Gasteiger partial charge in [0.05, 0.1) is 0 Å². The van der Waals surface area contributed by atoms with Crippen molar-refractivity contribution in [2.45, 2.75) is 20.3 Å². The Labute approximate surface area is 85.9 Å². The molecular weight excluding hydrogens is 174 g/mol. The summed E-state index contributed by atoms with van der Waals surface area (Å²) in [5.41, 5.74) is 6.73. The molecule has 78 valence electrons. The quantitative estimate of drug-likeness (QED) is 0.771. The smallest absolute Gasteiger partial charge is 0.131 e. The van der Waals surface area contributed by atoms with Crippen LogP contribution >= 0.6 is 0 Å². The van der Waals surface area contributed by atoms with Gasteiger partial charge in [-0.3, -0.25) is 0 Å². The molecule has 0 saturated heterocycles. The summed E-state index contributed by atoms with van der Waals surface area (Å²) >= 11 is 0. The standard InChI is InChI=1S/C11H19N3/c1-3-14(9-5-7-12)11-10(2)6-4-8-13-11/h4,6,8H,3,5,7,9,12H2,1-2H3. The average molecular weight is 193 g/mol. The van der Waals surface area contributed by atoms with Gasteiger partial charge >= 0.3 is 0 Å². The Morgan fingerprint density at radius 3 is 2.86 bits per heavy atom. The molecule has 0 aliphatic carbocycles. The first-order valence-electron chi connectivity index (χ1n) is 5.16. The van der Waals surface area contributed by atoms with Gasteiger partial charge in [0, 0.05) is 19.3 Å². The van der Waals surface area contributed by atoms with Crippen molar-refractivity contribution in [3.05, 3.63) is 23.9 Å². The molecular formula is C11H19N3. The lowest BCUT2D eigenvalue weighted by molar-refractivity contribution is 0.742. The Bertz CT molecular complexity index is 273. The second-order valence-electron chi connectivity index (χ2n) is 3.37. The number of hydrogen-bond acceptors (Lipinski definition) is 3. The van der Waals surface area contributed by atoms with Crippen LogP contribution in [-0.4, -0.2) is 24.6 Å². The van der Waals surface area contributed by atoms with Gasteiger partial charge in [0.25, 0.3) is 0 Å². The molecule has 0 radical (unpaired) electrons. The minimum absolute atomic E-state index is 0.738. The van der Waals surface area contributed by atoms with Crippen LogP contribution in [0.15, 0.2) is 18.3 Å². The minimum atomic E-state index is 0.738. The summed E-state index contributed by atoms with van der Waals surface area (Å²) < 4.78 is 0. The van der Waals surface area contributed by atoms with Gasteiger partial charge in [0.1, 0.15) is 5.82 Å². The monoisotopic (exact) mass is 193 g/mol. The fourth-order valence-corrected chi connectivity index (χ4v) is 1.50. The van der Waals surface area contributed by atoms with Crippen molar-refractivity contribution in [2.24, 2.45) is 5.73 Å². The third-order valence-electron chi connectivity index (χ3n) is 2.30. The molecule has 1 aromatic rings.